The second kappa shape index (κ2) is 3.93. The summed E-state index contributed by atoms with van der Waals surface area (Å²) >= 11 is 1.53. The normalized spacial score (nSPS) is 15.4. The zero-order valence-corrected chi connectivity index (χ0v) is 10.2. The lowest BCUT2D eigenvalue weighted by molar-refractivity contribution is 0.102. The van der Waals surface area contributed by atoms with E-state index in [4.69, 9.17) is 0 Å². The van der Waals surface area contributed by atoms with Crippen LogP contribution in [0.15, 0.2) is 0 Å². The van der Waals surface area contributed by atoms with Gasteiger partial charge in [-0.05, 0) is 26.7 Å². The molecule has 1 fully saturated rings. The molecular weight excluding hydrogens is 208 g/mol. The van der Waals surface area contributed by atoms with Gasteiger partial charge in [-0.3, -0.25) is 4.79 Å². The van der Waals surface area contributed by atoms with Gasteiger partial charge in [0.15, 0.2) is 10.9 Å². The predicted octanol–water partition coefficient (Wildman–Crippen LogP) is 2.64. The maximum Gasteiger partial charge on any atom is 0.186 e. The van der Waals surface area contributed by atoms with Gasteiger partial charge in [0, 0.05) is 19.5 Å². The van der Waals surface area contributed by atoms with Crippen molar-refractivity contribution in [1.29, 1.82) is 0 Å². The molecule has 1 heterocycles. The summed E-state index contributed by atoms with van der Waals surface area (Å²) in [4.78, 5) is 18.9. The molecule has 1 aliphatic rings. The Morgan fingerprint density at radius 3 is 2.67 bits per heavy atom. The van der Waals surface area contributed by atoms with Crippen LogP contribution < -0.4 is 4.90 Å². The van der Waals surface area contributed by atoms with Gasteiger partial charge in [0.05, 0.1) is 10.6 Å². The van der Waals surface area contributed by atoms with E-state index in [1.54, 1.807) is 6.92 Å². The van der Waals surface area contributed by atoms with Crippen molar-refractivity contribution in [2.75, 3.05) is 11.4 Å². The fraction of sp³-hybridized carbons (Fsp3) is 0.636. The Bertz CT molecular complexity index is 382. The molecule has 0 N–H and O–H groups in total. The Labute approximate surface area is 94.1 Å². The van der Waals surface area contributed by atoms with Crippen LogP contribution in [0.2, 0.25) is 0 Å². The summed E-state index contributed by atoms with van der Waals surface area (Å²) < 4.78 is 0. The van der Waals surface area contributed by atoms with E-state index in [-0.39, 0.29) is 5.78 Å². The zero-order chi connectivity index (χ0) is 11.0. The van der Waals surface area contributed by atoms with Gasteiger partial charge in [0.25, 0.3) is 0 Å². The van der Waals surface area contributed by atoms with E-state index in [0.29, 0.717) is 6.04 Å². The van der Waals surface area contributed by atoms with Crippen LogP contribution in [0, 0.1) is 6.92 Å². The molecule has 0 unspecified atom stereocenters. The van der Waals surface area contributed by atoms with Crippen LogP contribution in [0.1, 0.15) is 42.1 Å². The lowest BCUT2D eigenvalue weighted by Crippen LogP contribution is -2.24. The van der Waals surface area contributed by atoms with Crippen LogP contribution in [-0.4, -0.2) is 23.4 Å². The van der Waals surface area contributed by atoms with Gasteiger partial charge in [-0.2, -0.15) is 0 Å². The SMILES string of the molecule is CCN(c1nc(C)c(C(C)=O)s1)C1CC1. The smallest absolute Gasteiger partial charge is 0.186 e. The zero-order valence-electron chi connectivity index (χ0n) is 9.41. The molecule has 82 valence electrons. The molecule has 0 aromatic carbocycles. The topological polar surface area (TPSA) is 33.2 Å². The average Bonchev–Trinajstić information content (AvgIpc) is 2.91. The minimum Gasteiger partial charge on any atom is -0.345 e. The van der Waals surface area contributed by atoms with E-state index in [1.807, 2.05) is 6.92 Å². The molecule has 3 nitrogen and oxygen atoms in total. The summed E-state index contributed by atoms with van der Waals surface area (Å²) in [5.74, 6) is 0.128. The lowest BCUT2D eigenvalue weighted by atomic mass is 10.3. The monoisotopic (exact) mass is 224 g/mol. The van der Waals surface area contributed by atoms with E-state index in [9.17, 15) is 4.79 Å². The Kier molecular flexibility index (Phi) is 2.78. The van der Waals surface area contributed by atoms with Crippen molar-refractivity contribution in [3.8, 4) is 0 Å². The van der Waals surface area contributed by atoms with Crippen molar-refractivity contribution in [3.63, 3.8) is 0 Å². The molecule has 1 aliphatic carbocycles. The molecule has 0 saturated heterocycles. The third-order valence-corrected chi connectivity index (χ3v) is 3.97. The summed E-state index contributed by atoms with van der Waals surface area (Å²) in [6.07, 6.45) is 2.53. The number of hydrogen-bond donors (Lipinski definition) is 0. The third kappa shape index (κ3) is 2.04. The fourth-order valence-electron chi connectivity index (χ4n) is 1.77. The Balaban J connectivity index is 2.27. The summed E-state index contributed by atoms with van der Waals surface area (Å²) in [6, 6.07) is 0.667. The first kappa shape index (κ1) is 10.6. The molecule has 1 aromatic heterocycles. The number of anilines is 1. The van der Waals surface area contributed by atoms with E-state index in [2.05, 4.69) is 16.8 Å². The molecule has 0 amide bonds. The number of carbonyl (C=O) groups is 1. The molecule has 0 bridgehead atoms. The van der Waals surface area contributed by atoms with Gasteiger partial charge >= 0.3 is 0 Å². The van der Waals surface area contributed by atoms with Gasteiger partial charge in [0.2, 0.25) is 0 Å². The van der Waals surface area contributed by atoms with Gasteiger partial charge in [-0.25, -0.2) is 4.98 Å². The minimum atomic E-state index is 0.128. The number of hydrogen-bond acceptors (Lipinski definition) is 4. The van der Waals surface area contributed by atoms with Gasteiger partial charge in [-0.15, -0.1) is 0 Å². The molecule has 0 spiro atoms. The maximum atomic E-state index is 11.3. The predicted molar refractivity (Wildman–Crippen MR) is 62.9 cm³/mol. The van der Waals surface area contributed by atoms with Gasteiger partial charge < -0.3 is 4.90 Å². The third-order valence-electron chi connectivity index (χ3n) is 2.68. The first-order valence-corrected chi connectivity index (χ1v) is 6.20. The van der Waals surface area contributed by atoms with E-state index >= 15 is 0 Å². The average molecular weight is 224 g/mol. The van der Waals surface area contributed by atoms with Gasteiger partial charge in [-0.1, -0.05) is 11.3 Å². The lowest BCUT2D eigenvalue weighted by Gasteiger charge is -2.18. The van der Waals surface area contributed by atoms with Crippen molar-refractivity contribution in [1.82, 2.24) is 4.98 Å². The van der Waals surface area contributed by atoms with Crippen molar-refractivity contribution >= 4 is 22.3 Å². The highest BCUT2D eigenvalue weighted by atomic mass is 32.1. The Morgan fingerprint density at radius 1 is 1.60 bits per heavy atom. The number of Topliss-reactive ketones (excluding diaryl/α,β-unsaturated/α-hetero) is 1. The molecule has 15 heavy (non-hydrogen) atoms. The molecule has 2 rings (SSSR count). The number of ketones is 1. The summed E-state index contributed by atoms with van der Waals surface area (Å²) in [6.45, 7) is 6.65. The molecule has 4 heteroatoms. The second-order valence-corrected chi connectivity index (χ2v) is 4.96. The molecule has 0 radical (unpaired) electrons. The van der Waals surface area contributed by atoms with Crippen LogP contribution in [-0.2, 0) is 0 Å². The summed E-state index contributed by atoms with van der Waals surface area (Å²) in [7, 11) is 0. The molecular formula is C11H16N2OS. The largest absolute Gasteiger partial charge is 0.345 e. The van der Waals surface area contributed by atoms with Crippen molar-refractivity contribution in [2.24, 2.45) is 0 Å². The molecule has 1 aromatic rings. The fourth-order valence-corrected chi connectivity index (χ4v) is 2.87. The minimum absolute atomic E-state index is 0.128. The maximum absolute atomic E-state index is 11.3. The van der Waals surface area contributed by atoms with Crippen molar-refractivity contribution in [2.45, 2.75) is 39.7 Å². The van der Waals surface area contributed by atoms with Crippen LogP contribution in [0.4, 0.5) is 5.13 Å². The van der Waals surface area contributed by atoms with Crippen molar-refractivity contribution < 1.29 is 4.79 Å². The van der Waals surface area contributed by atoms with Crippen LogP contribution >= 0.6 is 11.3 Å². The number of carbonyl (C=O) groups excluding carboxylic acids is 1. The van der Waals surface area contributed by atoms with Gasteiger partial charge in [0.1, 0.15) is 0 Å². The molecule has 0 aliphatic heterocycles. The number of thiazole rings is 1. The summed E-state index contributed by atoms with van der Waals surface area (Å²) in [5, 5.41) is 1.02. The highest BCUT2D eigenvalue weighted by Gasteiger charge is 2.30. The highest BCUT2D eigenvalue weighted by molar-refractivity contribution is 7.17. The number of rotatable bonds is 4. The first-order valence-electron chi connectivity index (χ1n) is 5.38. The van der Waals surface area contributed by atoms with Crippen LogP contribution in [0.25, 0.3) is 0 Å². The first-order chi connectivity index (χ1) is 7.13. The molecule has 0 atom stereocenters. The number of nitrogens with zero attached hydrogens (tertiary/aromatic N) is 2. The highest BCUT2D eigenvalue weighted by Crippen LogP contribution is 2.35. The van der Waals surface area contributed by atoms with Crippen molar-refractivity contribution in [3.05, 3.63) is 10.6 Å². The summed E-state index contributed by atoms with van der Waals surface area (Å²) in [5.41, 5.74) is 0.876. The number of aryl methyl sites for hydroxylation is 1. The van der Waals surface area contributed by atoms with E-state index < -0.39 is 0 Å². The Morgan fingerprint density at radius 2 is 2.27 bits per heavy atom. The Hall–Kier alpha value is -0.900. The van der Waals surface area contributed by atoms with E-state index in [1.165, 1.54) is 24.2 Å². The quantitative estimate of drug-likeness (QED) is 0.737. The standard InChI is InChI=1S/C11H16N2OS/c1-4-13(9-5-6-9)11-12-7(2)10(15-11)8(3)14/h9H,4-6H2,1-3H3. The number of aromatic nitrogens is 1. The molecule has 1 saturated carbocycles. The van der Waals surface area contributed by atoms with Crippen LogP contribution in [0.5, 0.6) is 0 Å². The second-order valence-electron chi connectivity index (χ2n) is 3.98. The van der Waals surface area contributed by atoms with E-state index in [0.717, 1.165) is 22.2 Å². The van der Waals surface area contributed by atoms with Crippen LogP contribution in [0.3, 0.4) is 0 Å².